The van der Waals surface area contributed by atoms with Crippen LogP contribution in [0.2, 0.25) is 0 Å². The van der Waals surface area contributed by atoms with Gasteiger partial charge >= 0.3 is 0 Å². The number of nitrogens with zero attached hydrogens (tertiary/aromatic N) is 4. The van der Waals surface area contributed by atoms with E-state index >= 15 is 0 Å². The number of rotatable bonds is 5. The van der Waals surface area contributed by atoms with Gasteiger partial charge in [0.05, 0.1) is 6.20 Å². The summed E-state index contributed by atoms with van der Waals surface area (Å²) in [4.78, 5) is 17.3. The number of carbonyl (C=O) groups is 1. The van der Waals surface area contributed by atoms with Crippen LogP contribution < -0.4 is 0 Å². The molecule has 1 aliphatic heterocycles. The number of piperazine rings is 1. The van der Waals surface area contributed by atoms with E-state index in [0.717, 1.165) is 45.6 Å². The molecule has 1 aliphatic carbocycles. The van der Waals surface area contributed by atoms with Crippen molar-refractivity contribution >= 4 is 5.91 Å². The number of hydrogen-bond donors (Lipinski definition) is 0. The molecule has 1 amide bonds. The van der Waals surface area contributed by atoms with Gasteiger partial charge in [-0.3, -0.25) is 14.4 Å². The molecule has 1 aromatic carbocycles. The highest BCUT2D eigenvalue weighted by molar-refractivity contribution is 5.83. The van der Waals surface area contributed by atoms with E-state index in [0.29, 0.717) is 11.8 Å². The second-order valence-corrected chi connectivity index (χ2v) is 7.30. The first-order valence-corrected chi connectivity index (χ1v) is 9.24. The Hall–Kier alpha value is -2.14. The van der Waals surface area contributed by atoms with Crippen LogP contribution in [-0.4, -0.2) is 58.2 Å². The fourth-order valence-electron chi connectivity index (χ4n) is 3.83. The molecule has 0 bridgehead atoms. The van der Waals surface area contributed by atoms with Gasteiger partial charge in [0.1, 0.15) is 0 Å². The van der Waals surface area contributed by atoms with Crippen molar-refractivity contribution in [2.45, 2.75) is 18.8 Å². The van der Waals surface area contributed by atoms with Gasteiger partial charge in [-0.25, -0.2) is 0 Å². The zero-order chi connectivity index (χ0) is 17.2. The molecule has 2 heterocycles. The first-order chi connectivity index (χ1) is 12.2. The highest BCUT2D eigenvalue weighted by Gasteiger charge is 2.46. The maximum Gasteiger partial charge on any atom is 0.226 e. The van der Waals surface area contributed by atoms with Crippen molar-refractivity contribution in [3.8, 4) is 0 Å². The Balaban J connectivity index is 1.23. The molecule has 0 N–H and O–H groups in total. The summed E-state index contributed by atoms with van der Waals surface area (Å²) in [6.07, 6.45) is 6.01. The van der Waals surface area contributed by atoms with Crippen LogP contribution in [0.5, 0.6) is 0 Å². The number of aryl methyl sites for hydroxylation is 1. The van der Waals surface area contributed by atoms with E-state index in [4.69, 9.17) is 0 Å². The van der Waals surface area contributed by atoms with Gasteiger partial charge in [-0.15, -0.1) is 0 Å². The van der Waals surface area contributed by atoms with E-state index in [2.05, 4.69) is 45.2 Å². The lowest BCUT2D eigenvalue weighted by atomic mass is 10.1. The third kappa shape index (κ3) is 3.76. The summed E-state index contributed by atoms with van der Waals surface area (Å²) in [5.41, 5.74) is 2.60. The van der Waals surface area contributed by atoms with Gasteiger partial charge in [0.2, 0.25) is 5.91 Å². The molecule has 5 nitrogen and oxygen atoms in total. The van der Waals surface area contributed by atoms with Crippen molar-refractivity contribution in [2.24, 2.45) is 13.0 Å². The molecule has 2 atom stereocenters. The maximum atomic E-state index is 12.7. The molecule has 0 spiro atoms. The smallest absolute Gasteiger partial charge is 0.226 e. The Morgan fingerprint density at radius 1 is 1.16 bits per heavy atom. The van der Waals surface area contributed by atoms with Crippen LogP contribution in [0.25, 0.3) is 0 Å². The van der Waals surface area contributed by atoms with Gasteiger partial charge in [-0.2, -0.15) is 5.10 Å². The molecular weight excluding hydrogens is 312 g/mol. The quantitative estimate of drug-likeness (QED) is 0.836. The molecule has 5 heteroatoms. The summed E-state index contributed by atoms with van der Waals surface area (Å²) >= 11 is 0. The minimum atomic E-state index is 0.181. The van der Waals surface area contributed by atoms with E-state index in [1.54, 1.807) is 0 Å². The van der Waals surface area contributed by atoms with Gasteiger partial charge in [0.15, 0.2) is 0 Å². The predicted molar refractivity (Wildman–Crippen MR) is 97.2 cm³/mol. The van der Waals surface area contributed by atoms with Gasteiger partial charge in [-0.1, -0.05) is 30.3 Å². The number of benzene rings is 1. The highest BCUT2D eigenvalue weighted by atomic mass is 16.2. The first kappa shape index (κ1) is 16.3. The summed E-state index contributed by atoms with van der Waals surface area (Å²) in [7, 11) is 1.93. The zero-order valence-electron chi connectivity index (χ0n) is 14.8. The van der Waals surface area contributed by atoms with E-state index in [9.17, 15) is 4.79 Å². The highest BCUT2D eigenvalue weighted by Crippen LogP contribution is 2.48. The zero-order valence-corrected chi connectivity index (χ0v) is 14.8. The van der Waals surface area contributed by atoms with Crippen LogP contribution >= 0.6 is 0 Å². The van der Waals surface area contributed by atoms with Crippen molar-refractivity contribution in [1.29, 1.82) is 0 Å². The molecule has 0 radical (unpaired) electrons. The molecule has 0 unspecified atom stereocenters. The van der Waals surface area contributed by atoms with Crippen molar-refractivity contribution < 1.29 is 4.79 Å². The van der Waals surface area contributed by atoms with Crippen LogP contribution in [-0.2, 0) is 18.3 Å². The van der Waals surface area contributed by atoms with Crippen LogP contribution in [0.4, 0.5) is 0 Å². The van der Waals surface area contributed by atoms with Crippen LogP contribution in [0.3, 0.4) is 0 Å². The van der Waals surface area contributed by atoms with Crippen LogP contribution in [0, 0.1) is 5.92 Å². The van der Waals surface area contributed by atoms with Crippen molar-refractivity contribution in [1.82, 2.24) is 19.6 Å². The predicted octanol–water partition coefficient (Wildman–Crippen LogP) is 1.91. The summed E-state index contributed by atoms with van der Waals surface area (Å²) in [6.45, 7) is 4.78. The Bertz CT molecular complexity index is 718. The van der Waals surface area contributed by atoms with Crippen molar-refractivity contribution in [2.75, 3.05) is 32.7 Å². The monoisotopic (exact) mass is 338 g/mol. The van der Waals surface area contributed by atoms with Gasteiger partial charge in [-0.05, 0) is 29.9 Å². The van der Waals surface area contributed by atoms with Crippen LogP contribution in [0.1, 0.15) is 23.5 Å². The Kier molecular flexibility index (Phi) is 4.57. The molecule has 132 valence electrons. The average molecular weight is 338 g/mol. The van der Waals surface area contributed by atoms with E-state index in [-0.39, 0.29) is 5.92 Å². The minimum absolute atomic E-state index is 0.181. The molecule has 1 saturated heterocycles. The summed E-state index contributed by atoms with van der Waals surface area (Å²) < 4.78 is 1.82. The Labute approximate surface area is 149 Å². The third-order valence-corrected chi connectivity index (χ3v) is 5.50. The van der Waals surface area contributed by atoms with Gasteiger partial charge in [0.25, 0.3) is 0 Å². The second-order valence-electron chi connectivity index (χ2n) is 7.30. The standard InChI is InChI=1S/C20H26N4O/c1-22-15-17(14-21-22)18-13-19(18)20(25)24-11-9-23(10-12-24)8-7-16-5-3-2-4-6-16/h2-6,14-15,18-19H,7-13H2,1H3/t18-,19-/m1/s1. The molecule has 1 aromatic heterocycles. The van der Waals surface area contributed by atoms with Gasteiger partial charge < -0.3 is 4.90 Å². The lowest BCUT2D eigenvalue weighted by Gasteiger charge is -2.35. The summed E-state index contributed by atoms with van der Waals surface area (Å²) in [6, 6.07) is 10.6. The molecule has 2 fully saturated rings. The Morgan fingerprint density at radius 2 is 1.92 bits per heavy atom. The average Bonchev–Trinajstić information content (AvgIpc) is 3.34. The molecule has 1 saturated carbocycles. The Morgan fingerprint density at radius 3 is 2.60 bits per heavy atom. The lowest BCUT2D eigenvalue weighted by molar-refractivity contribution is -0.134. The van der Waals surface area contributed by atoms with Crippen molar-refractivity contribution in [3.63, 3.8) is 0 Å². The molecule has 25 heavy (non-hydrogen) atoms. The fraction of sp³-hybridized carbons (Fsp3) is 0.500. The van der Waals surface area contributed by atoms with E-state index in [1.165, 1.54) is 11.1 Å². The normalized spacial score (nSPS) is 23.6. The number of amides is 1. The number of aromatic nitrogens is 2. The van der Waals surface area contributed by atoms with Crippen LogP contribution in [0.15, 0.2) is 42.7 Å². The summed E-state index contributed by atoms with van der Waals surface area (Å²) in [5.74, 6) is 0.911. The minimum Gasteiger partial charge on any atom is -0.340 e. The largest absolute Gasteiger partial charge is 0.340 e. The van der Waals surface area contributed by atoms with Crippen molar-refractivity contribution in [3.05, 3.63) is 53.9 Å². The lowest BCUT2D eigenvalue weighted by Crippen LogP contribution is -2.49. The number of carbonyl (C=O) groups excluding carboxylic acids is 1. The molecule has 4 rings (SSSR count). The topological polar surface area (TPSA) is 41.4 Å². The SMILES string of the molecule is Cn1cc([C@H]2C[C@H]2C(=O)N2CCN(CCc3ccccc3)CC2)cn1. The second kappa shape index (κ2) is 7.00. The number of hydrogen-bond acceptors (Lipinski definition) is 3. The first-order valence-electron chi connectivity index (χ1n) is 9.24. The maximum absolute atomic E-state index is 12.7. The van der Waals surface area contributed by atoms with E-state index < -0.39 is 0 Å². The third-order valence-electron chi connectivity index (χ3n) is 5.50. The fourth-order valence-corrected chi connectivity index (χ4v) is 3.83. The molecule has 2 aromatic rings. The summed E-state index contributed by atoms with van der Waals surface area (Å²) in [5, 5.41) is 4.22. The molecular formula is C20H26N4O. The molecule has 2 aliphatic rings. The van der Waals surface area contributed by atoms with E-state index in [1.807, 2.05) is 24.1 Å². The van der Waals surface area contributed by atoms with Gasteiger partial charge in [0, 0.05) is 51.9 Å².